The second-order valence-electron chi connectivity index (χ2n) is 21.1. The summed E-state index contributed by atoms with van der Waals surface area (Å²) in [7, 11) is 0. The van der Waals surface area contributed by atoms with Crippen LogP contribution in [0.4, 0.5) is 0 Å². The molecule has 16 nitrogen and oxygen atoms in total. The summed E-state index contributed by atoms with van der Waals surface area (Å²) in [5.41, 5.74) is 10.0. The van der Waals surface area contributed by atoms with E-state index in [4.69, 9.17) is 59.8 Å². The molecule has 0 bridgehead atoms. The minimum atomic E-state index is 0.176. The second kappa shape index (κ2) is 20.6. The lowest BCUT2D eigenvalue weighted by Gasteiger charge is -2.12. The SMILES string of the molecule is c1ccc(-c2nc(-c3ccccc3)nc(-c3nc(-c4nc(-c5ccccc5)nc(-c5ccccc5)n4)nc(-n4c5ccccc5c5cc6c(cc54)c4ccccc4n6-c4nc(-c5ccc6ncccc6c5)nc(-c5ccc6ncccc6c5)n4)n3)n2)cc1. The number of nitrogens with zero attached hydrogens (tertiary/aromatic N) is 16. The first-order valence-electron chi connectivity index (χ1n) is 28.5. The lowest BCUT2D eigenvalue weighted by atomic mass is 10.1. The van der Waals surface area contributed by atoms with Crippen LogP contribution in [0.3, 0.4) is 0 Å². The first kappa shape index (κ1) is 50.0. The van der Waals surface area contributed by atoms with E-state index in [1.54, 1.807) is 12.4 Å². The van der Waals surface area contributed by atoms with E-state index in [2.05, 4.69) is 73.7 Å². The summed E-state index contributed by atoms with van der Waals surface area (Å²) in [6.45, 7) is 0. The standard InChI is InChI=1S/C72H42N16/c1-5-19-43(20-6-1)61-75-62(44-21-7-2-8-22-44)79-67(78-61)69-82-70(68-80-63(45-23-9-3-10-24-45)76-64(81-68)46-25-11-4-12-26-46)86-72(85-69)88-58-32-16-14-30-52(58)54-41-59-53(42-60(54)88)51-29-13-15-31-57(51)87(59)71-83-65(49-33-35-55-47(39-49)27-17-37-73-55)77-66(84-71)50-34-36-56-48(40-50)28-18-38-74-56/h1-42H. The van der Waals surface area contributed by atoms with Crippen LogP contribution in [0.1, 0.15) is 0 Å². The molecule has 0 aliphatic carbocycles. The van der Waals surface area contributed by atoms with Crippen molar-refractivity contribution in [1.82, 2.24) is 78.9 Å². The molecule has 17 rings (SSSR count). The molecular formula is C72H42N16. The van der Waals surface area contributed by atoms with Crippen LogP contribution in [0.5, 0.6) is 0 Å². The number of para-hydroxylation sites is 2. The van der Waals surface area contributed by atoms with Gasteiger partial charge in [-0.25, -0.2) is 39.9 Å². The number of fused-ring (bicyclic) bond motifs is 8. The van der Waals surface area contributed by atoms with Crippen molar-refractivity contribution < 1.29 is 0 Å². The van der Waals surface area contributed by atoms with Gasteiger partial charge in [-0.1, -0.05) is 170 Å². The minimum absolute atomic E-state index is 0.176. The van der Waals surface area contributed by atoms with Crippen LogP contribution >= 0.6 is 0 Å². The van der Waals surface area contributed by atoms with Gasteiger partial charge in [-0.15, -0.1) is 0 Å². The minimum Gasteiger partial charge on any atom is -0.278 e. The average Bonchev–Trinajstić information content (AvgIpc) is 1.67. The second-order valence-corrected chi connectivity index (χ2v) is 21.1. The zero-order valence-corrected chi connectivity index (χ0v) is 46.4. The molecule has 88 heavy (non-hydrogen) atoms. The van der Waals surface area contributed by atoms with Crippen molar-refractivity contribution in [2.75, 3.05) is 0 Å². The zero-order chi connectivity index (χ0) is 58.1. The van der Waals surface area contributed by atoms with Crippen molar-refractivity contribution in [2.45, 2.75) is 0 Å². The molecule has 410 valence electrons. The molecule has 0 unspecified atom stereocenters. The van der Waals surface area contributed by atoms with Gasteiger partial charge in [-0.2, -0.15) is 19.9 Å². The van der Waals surface area contributed by atoms with Gasteiger partial charge in [0.05, 0.1) is 33.1 Å². The fourth-order valence-corrected chi connectivity index (χ4v) is 11.5. The number of benzene rings is 9. The number of rotatable bonds is 10. The number of hydrogen-bond donors (Lipinski definition) is 0. The van der Waals surface area contributed by atoms with Crippen molar-refractivity contribution in [3.63, 3.8) is 0 Å². The van der Waals surface area contributed by atoms with Gasteiger partial charge in [-0.3, -0.25) is 19.1 Å². The maximum Gasteiger partial charge on any atom is 0.239 e. The molecule has 0 aliphatic heterocycles. The van der Waals surface area contributed by atoms with Crippen LogP contribution in [0, 0.1) is 0 Å². The molecule has 8 heterocycles. The summed E-state index contributed by atoms with van der Waals surface area (Å²) in [5.74, 6) is 4.34. The van der Waals surface area contributed by atoms with Gasteiger partial charge in [0.1, 0.15) is 0 Å². The summed E-state index contributed by atoms with van der Waals surface area (Å²) in [6, 6.07) is 80.4. The fraction of sp³-hybridized carbons (Fsp3) is 0. The van der Waals surface area contributed by atoms with Gasteiger partial charge in [0, 0.05) is 78.1 Å². The van der Waals surface area contributed by atoms with Gasteiger partial charge >= 0.3 is 0 Å². The highest BCUT2D eigenvalue weighted by Crippen LogP contribution is 2.40. The Kier molecular flexibility index (Phi) is 11.7. The van der Waals surface area contributed by atoms with E-state index >= 15 is 0 Å². The van der Waals surface area contributed by atoms with Crippen LogP contribution in [-0.2, 0) is 0 Å². The summed E-state index contributed by atoms with van der Waals surface area (Å²) in [4.78, 5) is 71.7. The van der Waals surface area contributed by atoms with Gasteiger partial charge < -0.3 is 0 Å². The molecule has 0 atom stereocenters. The number of pyridine rings is 2. The normalized spacial score (nSPS) is 11.6. The lowest BCUT2D eigenvalue weighted by molar-refractivity contribution is 0.919. The van der Waals surface area contributed by atoms with E-state index in [1.165, 1.54) is 0 Å². The molecule has 8 aromatic heterocycles. The van der Waals surface area contributed by atoms with Crippen molar-refractivity contribution in [3.8, 4) is 104 Å². The lowest BCUT2D eigenvalue weighted by Crippen LogP contribution is -2.10. The molecule has 17 aromatic rings. The van der Waals surface area contributed by atoms with Crippen LogP contribution in [-0.4, -0.2) is 78.9 Å². The Morgan fingerprint density at radius 3 is 0.898 bits per heavy atom. The summed E-state index contributed by atoms with van der Waals surface area (Å²) >= 11 is 0. The smallest absolute Gasteiger partial charge is 0.239 e. The van der Waals surface area contributed by atoms with Gasteiger partial charge in [-0.05, 0) is 72.8 Å². The third-order valence-corrected chi connectivity index (χ3v) is 15.6. The van der Waals surface area contributed by atoms with Crippen LogP contribution in [0.15, 0.2) is 255 Å². The Morgan fingerprint density at radius 1 is 0.205 bits per heavy atom. The fourth-order valence-electron chi connectivity index (χ4n) is 11.5. The molecule has 0 N–H and O–H groups in total. The number of aromatic nitrogens is 16. The summed E-state index contributed by atoms with van der Waals surface area (Å²) in [5, 5.41) is 5.72. The largest absolute Gasteiger partial charge is 0.278 e. The molecule has 9 aromatic carbocycles. The highest BCUT2D eigenvalue weighted by Gasteiger charge is 2.26. The van der Waals surface area contributed by atoms with Crippen LogP contribution in [0.25, 0.3) is 169 Å². The third-order valence-electron chi connectivity index (χ3n) is 15.6. The molecule has 16 heteroatoms. The van der Waals surface area contributed by atoms with Crippen molar-refractivity contribution in [3.05, 3.63) is 255 Å². The van der Waals surface area contributed by atoms with Crippen molar-refractivity contribution in [2.24, 2.45) is 0 Å². The molecule has 0 fully saturated rings. The van der Waals surface area contributed by atoms with E-state index in [1.807, 2.05) is 188 Å². The molecule has 0 saturated carbocycles. The topological polar surface area (TPSA) is 190 Å². The molecule has 0 saturated heterocycles. The average molecular weight is 1130 g/mol. The molecular weight excluding hydrogens is 1090 g/mol. The summed E-state index contributed by atoms with van der Waals surface area (Å²) in [6.07, 6.45) is 3.60. The number of hydrogen-bond acceptors (Lipinski definition) is 14. The Morgan fingerprint density at radius 2 is 0.511 bits per heavy atom. The Balaban J connectivity index is 0.923. The first-order chi connectivity index (χ1) is 43.6. The third kappa shape index (κ3) is 8.79. The maximum absolute atomic E-state index is 5.39. The highest BCUT2D eigenvalue weighted by atomic mass is 15.2. The molecule has 0 radical (unpaired) electrons. The summed E-state index contributed by atoms with van der Waals surface area (Å²) < 4.78 is 4.21. The molecule has 0 spiro atoms. The van der Waals surface area contributed by atoms with E-state index < -0.39 is 0 Å². The molecule has 0 amide bonds. The quantitative estimate of drug-likeness (QED) is 0.126. The highest BCUT2D eigenvalue weighted by molar-refractivity contribution is 6.19. The van der Waals surface area contributed by atoms with Gasteiger partial charge in [0.2, 0.25) is 35.2 Å². The predicted octanol–water partition coefficient (Wildman–Crippen LogP) is 15.1. The molecule has 0 aliphatic rings. The van der Waals surface area contributed by atoms with Crippen LogP contribution < -0.4 is 0 Å². The van der Waals surface area contributed by atoms with Crippen molar-refractivity contribution >= 4 is 65.4 Å². The van der Waals surface area contributed by atoms with Gasteiger partial charge in [0.25, 0.3) is 0 Å². The van der Waals surface area contributed by atoms with Crippen LogP contribution in [0.2, 0.25) is 0 Å². The van der Waals surface area contributed by atoms with E-state index in [0.717, 1.165) is 98.8 Å². The maximum atomic E-state index is 5.39. The Labute approximate surface area is 500 Å². The Bertz CT molecular complexity index is 5230. The predicted molar refractivity (Wildman–Crippen MR) is 343 cm³/mol. The van der Waals surface area contributed by atoms with Crippen molar-refractivity contribution in [1.29, 1.82) is 0 Å². The van der Waals surface area contributed by atoms with E-state index in [0.29, 0.717) is 40.9 Å². The van der Waals surface area contributed by atoms with Gasteiger partial charge in [0.15, 0.2) is 34.9 Å². The van der Waals surface area contributed by atoms with E-state index in [9.17, 15) is 0 Å². The Hall–Kier alpha value is -12.6. The zero-order valence-electron chi connectivity index (χ0n) is 46.4. The first-order valence-corrected chi connectivity index (χ1v) is 28.5. The van der Waals surface area contributed by atoms with E-state index in [-0.39, 0.29) is 29.2 Å². The monoisotopic (exact) mass is 1130 g/mol.